The Balaban J connectivity index is 1.88. The van der Waals surface area contributed by atoms with E-state index in [9.17, 15) is 0 Å². The number of aromatic nitrogens is 6. The summed E-state index contributed by atoms with van der Waals surface area (Å²) in [6.07, 6.45) is 8.21. The van der Waals surface area contributed by atoms with E-state index in [1.165, 1.54) is 0 Å². The fraction of sp³-hybridized carbons (Fsp3) is 0.182. The van der Waals surface area contributed by atoms with Gasteiger partial charge in [0, 0.05) is 31.7 Å². The molecular formula is C11H11N7O. The molecule has 2 N–H and O–H groups in total. The van der Waals surface area contributed by atoms with Crippen molar-refractivity contribution in [3.05, 3.63) is 31.1 Å². The smallest absolute Gasteiger partial charge is 0.278 e. The first-order valence-corrected chi connectivity index (χ1v) is 5.69. The van der Waals surface area contributed by atoms with E-state index in [-0.39, 0.29) is 0 Å². The zero-order valence-electron chi connectivity index (χ0n) is 9.97. The third-order valence-electron chi connectivity index (χ3n) is 2.46. The quantitative estimate of drug-likeness (QED) is 0.718. The van der Waals surface area contributed by atoms with E-state index >= 15 is 0 Å². The average molecular weight is 257 g/mol. The predicted octanol–water partition coefficient (Wildman–Crippen LogP) is 0.349. The van der Waals surface area contributed by atoms with E-state index < -0.39 is 0 Å². The zero-order valence-corrected chi connectivity index (χ0v) is 9.97. The van der Waals surface area contributed by atoms with Gasteiger partial charge in [-0.1, -0.05) is 5.16 Å². The Morgan fingerprint density at radius 2 is 2.16 bits per heavy atom. The standard InChI is InChI=1S/C11H11N7O/c12-1-4-18-6-9(15-7-18)11-16-10(17-19-11)8-5-13-2-3-14-8/h2-3,5-7H,1,4,12H2. The van der Waals surface area contributed by atoms with Crippen LogP contribution in [0.3, 0.4) is 0 Å². The number of imidazole rings is 1. The second-order valence-corrected chi connectivity index (χ2v) is 3.80. The highest BCUT2D eigenvalue weighted by atomic mass is 16.5. The molecule has 0 saturated heterocycles. The molecule has 0 saturated carbocycles. The van der Waals surface area contributed by atoms with Crippen LogP contribution in [0.4, 0.5) is 0 Å². The van der Waals surface area contributed by atoms with Crippen LogP contribution < -0.4 is 5.73 Å². The van der Waals surface area contributed by atoms with E-state index in [4.69, 9.17) is 10.3 Å². The van der Waals surface area contributed by atoms with Gasteiger partial charge in [0.05, 0.1) is 12.5 Å². The van der Waals surface area contributed by atoms with Crippen molar-refractivity contribution >= 4 is 0 Å². The molecule has 0 aliphatic carbocycles. The van der Waals surface area contributed by atoms with Crippen molar-refractivity contribution in [2.75, 3.05) is 6.54 Å². The van der Waals surface area contributed by atoms with Gasteiger partial charge in [0.15, 0.2) is 0 Å². The van der Waals surface area contributed by atoms with Crippen LogP contribution in [-0.4, -0.2) is 36.2 Å². The molecule has 3 aromatic rings. The Morgan fingerprint density at radius 1 is 1.21 bits per heavy atom. The summed E-state index contributed by atoms with van der Waals surface area (Å²) in [5.74, 6) is 0.730. The van der Waals surface area contributed by atoms with Crippen LogP contribution in [0.2, 0.25) is 0 Å². The molecule has 96 valence electrons. The van der Waals surface area contributed by atoms with Crippen LogP contribution in [0.5, 0.6) is 0 Å². The van der Waals surface area contributed by atoms with Gasteiger partial charge in [-0.15, -0.1) is 0 Å². The van der Waals surface area contributed by atoms with E-state index in [2.05, 4.69) is 25.1 Å². The van der Waals surface area contributed by atoms with Crippen LogP contribution in [0, 0.1) is 0 Å². The second-order valence-electron chi connectivity index (χ2n) is 3.80. The van der Waals surface area contributed by atoms with Gasteiger partial charge in [0.2, 0.25) is 5.82 Å². The minimum atomic E-state index is 0.344. The first-order valence-electron chi connectivity index (χ1n) is 5.69. The van der Waals surface area contributed by atoms with Gasteiger partial charge in [0.1, 0.15) is 11.4 Å². The number of nitrogens with zero attached hydrogens (tertiary/aromatic N) is 6. The minimum absolute atomic E-state index is 0.344. The van der Waals surface area contributed by atoms with Gasteiger partial charge >= 0.3 is 0 Å². The van der Waals surface area contributed by atoms with Gasteiger partial charge in [-0.05, 0) is 0 Å². The molecule has 0 atom stereocenters. The molecule has 0 aliphatic heterocycles. The fourth-order valence-corrected chi connectivity index (χ4v) is 1.59. The van der Waals surface area contributed by atoms with Crippen LogP contribution >= 0.6 is 0 Å². The first kappa shape index (κ1) is 11.5. The Hall–Kier alpha value is -2.61. The van der Waals surface area contributed by atoms with Gasteiger partial charge in [-0.25, -0.2) is 9.97 Å². The highest BCUT2D eigenvalue weighted by Gasteiger charge is 2.13. The molecule has 3 aromatic heterocycles. The zero-order chi connectivity index (χ0) is 13.1. The van der Waals surface area contributed by atoms with Crippen molar-refractivity contribution in [1.29, 1.82) is 0 Å². The normalized spacial score (nSPS) is 10.8. The first-order chi connectivity index (χ1) is 9.36. The molecule has 0 bridgehead atoms. The summed E-state index contributed by atoms with van der Waals surface area (Å²) < 4.78 is 7.02. The monoisotopic (exact) mass is 257 g/mol. The van der Waals surface area contributed by atoms with Crippen LogP contribution in [0.15, 0.2) is 35.6 Å². The summed E-state index contributed by atoms with van der Waals surface area (Å²) in [7, 11) is 0. The molecule has 3 heterocycles. The molecule has 0 aliphatic rings. The molecule has 0 aromatic carbocycles. The lowest BCUT2D eigenvalue weighted by Gasteiger charge is -1.94. The Kier molecular flexibility index (Phi) is 2.99. The molecule has 8 heteroatoms. The molecule has 8 nitrogen and oxygen atoms in total. The van der Waals surface area contributed by atoms with Crippen molar-refractivity contribution in [3.63, 3.8) is 0 Å². The van der Waals surface area contributed by atoms with Crippen molar-refractivity contribution < 1.29 is 4.52 Å². The molecule has 0 radical (unpaired) electrons. The maximum atomic E-state index is 5.47. The number of hydrogen-bond acceptors (Lipinski definition) is 7. The Labute approximate surface area is 108 Å². The molecule has 3 rings (SSSR count). The molecule has 0 unspecified atom stereocenters. The number of hydrogen-bond donors (Lipinski definition) is 1. The summed E-state index contributed by atoms with van der Waals surface area (Å²) in [6, 6.07) is 0. The fourth-order valence-electron chi connectivity index (χ4n) is 1.59. The Morgan fingerprint density at radius 3 is 2.95 bits per heavy atom. The van der Waals surface area contributed by atoms with Gasteiger partial charge in [0.25, 0.3) is 5.89 Å². The van der Waals surface area contributed by atoms with Crippen LogP contribution in [0.1, 0.15) is 0 Å². The highest BCUT2D eigenvalue weighted by molar-refractivity contribution is 5.52. The molecular weight excluding hydrogens is 246 g/mol. The lowest BCUT2D eigenvalue weighted by molar-refractivity contribution is 0.431. The van der Waals surface area contributed by atoms with Crippen molar-refractivity contribution in [1.82, 2.24) is 29.7 Å². The van der Waals surface area contributed by atoms with E-state index in [0.29, 0.717) is 36.2 Å². The maximum Gasteiger partial charge on any atom is 0.278 e. The van der Waals surface area contributed by atoms with Crippen molar-refractivity contribution in [3.8, 4) is 23.1 Å². The third-order valence-corrected chi connectivity index (χ3v) is 2.46. The highest BCUT2D eigenvalue weighted by Crippen LogP contribution is 2.18. The van der Waals surface area contributed by atoms with Gasteiger partial charge in [-0.3, -0.25) is 4.98 Å². The summed E-state index contributed by atoms with van der Waals surface area (Å²) in [5, 5.41) is 3.86. The average Bonchev–Trinajstić information content (AvgIpc) is 3.08. The molecule has 0 fully saturated rings. The number of nitrogens with two attached hydrogens (primary N) is 1. The van der Waals surface area contributed by atoms with E-state index in [1.807, 2.05) is 4.57 Å². The topological polar surface area (TPSA) is 109 Å². The predicted molar refractivity (Wildman–Crippen MR) is 65.6 cm³/mol. The summed E-state index contributed by atoms with van der Waals surface area (Å²) in [4.78, 5) is 16.5. The molecule has 0 amide bonds. The number of rotatable bonds is 4. The SMILES string of the molecule is NCCn1cnc(-c2nc(-c3cnccn3)no2)c1. The van der Waals surface area contributed by atoms with Gasteiger partial charge < -0.3 is 14.8 Å². The summed E-state index contributed by atoms with van der Waals surface area (Å²) in [5.41, 5.74) is 6.64. The van der Waals surface area contributed by atoms with E-state index in [1.54, 1.807) is 31.1 Å². The minimum Gasteiger partial charge on any atom is -0.335 e. The van der Waals surface area contributed by atoms with E-state index in [0.717, 1.165) is 0 Å². The summed E-state index contributed by atoms with van der Waals surface area (Å²) in [6.45, 7) is 1.24. The largest absolute Gasteiger partial charge is 0.335 e. The lowest BCUT2D eigenvalue weighted by atomic mass is 10.4. The lowest BCUT2D eigenvalue weighted by Crippen LogP contribution is -2.07. The van der Waals surface area contributed by atoms with Gasteiger partial charge in [-0.2, -0.15) is 4.98 Å². The molecule has 0 spiro atoms. The maximum absolute atomic E-state index is 5.47. The van der Waals surface area contributed by atoms with Crippen molar-refractivity contribution in [2.24, 2.45) is 5.73 Å². The third kappa shape index (κ3) is 2.33. The summed E-state index contributed by atoms with van der Waals surface area (Å²) >= 11 is 0. The van der Waals surface area contributed by atoms with Crippen LogP contribution in [0.25, 0.3) is 23.1 Å². The molecule has 19 heavy (non-hydrogen) atoms. The Bertz CT molecular complexity index is 661. The van der Waals surface area contributed by atoms with Crippen molar-refractivity contribution in [2.45, 2.75) is 6.54 Å². The van der Waals surface area contributed by atoms with Crippen LogP contribution in [-0.2, 0) is 6.54 Å². The second kappa shape index (κ2) is 4.94.